The van der Waals surface area contributed by atoms with Gasteiger partial charge in [-0.25, -0.2) is 4.98 Å². The number of nitrogens with zero attached hydrogens (tertiary/aromatic N) is 4. The Hall–Kier alpha value is -2.63. The minimum atomic E-state index is -4.00. The smallest absolute Gasteiger partial charge is 0.281 e. The summed E-state index contributed by atoms with van der Waals surface area (Å²) in [7, 11) is -0.252. The van der Waals surface area contributed by atoms with E-state index in [0.29, 0.717) is 19.0 Å². The fourth-order valence-electron chi connectivity index (χ4n) is 4.39. The lowest BCUT2D eigenvalue weighted by Gasteiger charge is -2.38. The number of hydrogen-bond acceptors (Lipinski definition) is 7. The summed E-state index contributed by atoms with van der Waals surface area (Å²) >= 11 is 0. The molecule has 0 bridgehead atoms. The third-order valence-electron chi connectivity index (χ3n) is 6.65. The maximum Gasteiger partial charge on any atom is 0.281 e. The summed E-state index contributed by atoms with van der Waals surface area (Å²) in [6, 6.07) is 4.45. The van der Waals surface area contributed by atoms with Crippen molar-refractivity contribution in [1.82, 2.24) is 19.4 Å². The number of rotatable bonds is 9. The first-order valence-corrected chi connectivity index (χ1v) is 13.5. The van der Waals surface area contributed by atoms with Gasteiger partial charge in [-0.05, 0) is 44.9 Å². The normalized spacial score (nSPS) is 21.8. The van der Waals surface area contributed by atoms with Crippen LogP contribution in [0.15, 0.2) is 35.7 Å². The van der Waals surface area contributed by atoms with Crippen molar-refractivity contribution in [3.8, 4) is 5.75 Å². The average Bonchev–Trinajstić information content (AvgIpc) is 3.51. The standard InChI is InChI=1S/C24H35N5O5S/c1-16-10-29(17(2)14-30)24(31)19-6-5-7-20(26-35(32,33)22-13-28(4)15-25-22)23(19)34-21(16)12-27(3)11-18-8-9-18/h5-7,13,15-18,21,26,30H,8-12,14H2,1-4H3/t16-,17-,21+/m0/s1. The maximum absolute atomic E-state index is 13.5. The average molecular weight is 506 g/mol. The molecule has 2 N–H and O–H groups in total. The molecule has 1 amide bonds. The van der Waals surface area contributed by atoms with Crippen LogP contribution in [0.4, 0.5) is 5.69 Å². The molecule has 1 aromatic carbocycles. The van der Waals surface area contributed by atoms with Gasteiger partial charge in [-0.1, -0.05) is 13.0 Å². The van der Waals surface area contributed by atoms with E-state index in [1.807, 2.05) is 6.92 Å². The summed E-state index contributed by atoms with van der Waals surface area (Å²) in [6.45, 7) is 5.68. The van der Waals surface area contributed by atoms with Gasteiger partial charge in [0.2, 0.25) is 0 Å². The number of likely N-dealkylation sites (N-methyl/N-ethyl adjacent to an activating group) is 1. The molecule has 2 heterocycles. The Morgan fingerprint density at radius 3 is 2.69 bits per heavy atom. The van der Waals surface area contributed by atoms with Crippen LogP contribution in [-0.4, -0.2) is 84.2 Å². The number of aliphatic hydroxyl groups excluding tert-OH is 1. The number of ether oxygens (including phenoxy) is 1. The molecule has 1 fully saturated rings. The number of fused-ring (bicyclic) bond motifs is 1. The van der Waals surface area contributed by atoms with E-state index in [4.69, 9.17) is 4.74 Å². The molecule has 3 atom stereocenters. The highest BCUT2D eigenvalue weighted by molar-refractivity contribution is 7.92. The largest absolute Gasteiger partial charge is 0.486 e. The fourth-order valence-corrected chi connectivity index (χ4v) is 5.43. The first-order chi connectivity index (χ1) is 16.6. The number of carbonyl (C=O) groups excluding carboxylic acids is 1. The molecule has 1 aromatic heterocycles. The number of anilines is 1. The van der Waals surface area contributed by atoms with Gasteiger partial charge in [0.25, 0.3) is 15.9 Å². The molecule has 1 aliphatic carbocycles. The van der Waals surface area contributed by atoms with E-state index in [1.165, 1.54) is 25.4 Å². The number of aliphatic hydroxyl groups is 1. The van der Waals surface area contributed by atoms with E-state index in [9.17, 15) is 18.3 Å². The third kappa shape index (κ3) is 5.79. The number of aryl methyl sites for hydroxylation is 1. The maximum atomic E-state index is 13.5. The Morgan fingerprint density at radius 1 is 1.31 bits per heavy atom. The molecular formula is C24H35N5O5S. The van der Waals surface area contributed by atoms with Crippen molar-refractivity contribution in [2.75, 3.05) is 38.0 Å². The summed E-state index contributed by atoms with van der Waals surface area (Å²) in [6.07, 6.45) is 5.00. The molecule has 4 rings (SSSR count). The van der Waals surface area contributed by atoms with Crippen LogP contribution in [0.25, 0.3) is 0 Å². The van der Waals surface area contributed by atoms with Crippen molar-refractivity contribution >= 4 is 21.6 Å². The molecule has 10 nitrogen and oxygen atoms in total. The topological polar surface area (TPSA) is 117 Å². The molecule has 0 saturated heterocycles. The molecule has 2 aromatic rings. The molecule has 11 heteroatoms. The number of carbonyl (C=O) groups is 1. The van der Waals surface area contributed by atoms with Gasteiger partial charge in [0.1, 0.15) is 6.10 Å². The third-order valence-corrected chi connectivity index (χ3v) is 7.90. The van der Waals surface area contributed by atoms with E-state index in [0.717, 1.165) is 6.54 Å². The lowest BCUT2D eigenvalue weighted by Crippen LogP contribution is -2.50. The minimum Gasteiger partial charge on any atom is -0.486 e. The summed E-state index contributed by atoms with van der Waals surface area (Å²) in [5.41, 5.74) is 0.440. The predicted octanol–water partition coefficient (Wildman–Crippen LogP) is 1.78. The lowest BCUT2D eigenvalue weighted by molar-refractivity contribution is 0.0346. The van der Waals surface area contributed by atoms with Crippen LogP contribution in [0.3, 0.4) is 0 Å². The Morgan fingerprint density at radius 2 is 2.06 bits per heavy atom. The van der Waals surface area contributed by atoms with Gasteiger partial charge in [0.15, 0.2) is 10.8 Å². The van der Waals surface area contributed by atoms with Crippen LogP contribution >= 0.6 is 0 Å². The van der Waals surface area contributed by atoms with Crippen molar-refractivity contribution in [2.45, 2.75) is 43.9 Å². The van der Waals surface area contributed by atoms with Gasteiger partial charge >= 0.3 is 0 Å². The Kier molecular flexibility index (Phi) is 7.39. The quantitative estimate of drug-likeness (QED) is 0.534. The number of sulfonamides is 1. The molecule has 0 spiro atoms. The Balaban J connectivity index is 1.72. The molecule has 1 saturated carbocycles. The van der Waals surface area contributed by atoms with Crippen molar-refractivity contribution in [3.05, 3.63) is 36.3 Å². The van der Waals surface area contributed by atoms with Gasteiger partial charge in [-0.15, -0.1) is 0 Å². The van der Waals surface area contributed by atoms with Crippen molar-refractivity contribution in [2.24, 2.45) is 18.9 Å². The second-order valence-corrected chi connectivity index (χ2v) is 11.6. The molecule has 35 heavy (non-hydrogen) atoms. The molecular weight excluding hydrogens is 470 g/mol. The van der Waals surface area contributed by atoms with Crippen LogP contribution in [0.5, 0.6) is 5.75 Å². The highest BCUT2D eigenvalue weighted by Crippen LogP contribution is 2.36. The van der Waals surface area contributed by atoms with Crippen LogP contribution < -0.4 is 9.46 Å². The number of aromatic nitrogens is 2. The van der Waals surface area contributed by atoms with Crippen molar-refractivity contribution in [3.63, 3.8) is 0 Å². The van der Waals surface area contributed by atoms with E-state index >= 15 is 0 Å². The fraction of sp³-hybridized carbons (Fsp3) is 0.583. The van der Waals surface area contributed by atoms with Gasteiger partial charge in [-0.2, -0.15) is 8.42 Å². The van der Waals surface area contributed by atoms with Crippen LogP contribution in [-0.2, 0) is 17.1 Å². The Bertz CT molecular complexity index is 1160. The van der Waals surface area contributed by atoms with Gasteiger partial charge in [0.05, 0.1) is 30.2 Å². The summed E-state index contributed by atoms with van der Waals surface area (Å²) in [5, 5.41) is 9.69. The number of benzene rings is 1. The van der Waals surface area contributed by atoms with E-state index in [2.05, 4.69) is 21.7 Å². The van der Waals surface area contributed by atoms with E-state index in [1.54, 1.807) is 41.6 Å². The predicted molar refractivity (Wildman–Crippen MR) is 132 cm³/mol. The van der Waals surface area contributed by atoms with Crippen LogP contribution in [0, 0.1) is 11.8 Å². The Labute approximate surface area is 206 Å². The van der Waals surface area contributed by atoms with Crippen LogP contribution in [0.1, 0.15) is 37.0 Å². The number of imidazole rings is 1. The zero-order chi connectivity index (χ0) is 25.3. The molecule has 192 valence electrons. The zero-order valence-corrected chi connectivity index (χ0v) is 21.5. The van der Waals surface area contributed by atoms with Gasteiger partial charge in [0, 0.05) is 38.8 Å². The first kappa shape index (κ1) is 25.5. The number of nitrogens with one attached hydrogen (secondary N) is 1. The van der Waals surface area contributed by atoms with Crippen LogP contribution in [0.2, 0.25) is 0 Å². The van der Waals surface area contributed by atoms with Gasteiger partial charge in [-0.3, -0.25) is 9.52 Å². The first-order valence-electron chi connectivity index (χ1n) is 12.0. The molecule has 0 radical (unpaired) electrons. The monoisotopic (exact) mass is 505 g/mol. The van der Waals surface area contributed by atoms with E-state index < -0.39 is 16.1 Å². The highest BCUT2D eigenvalue weighted by Gasteiger charge is 2.35. The summed E-state index contributed by atoms with van der Waals surface area (Å²) < 4.78 is 36.6. The van der Waals surface area contributed by atoms with Gasteiger partial charge < -0.3 is 24.2 Å². The zero-order valence-electron chi connectivity index (χ0n) is 20.7. The van der Waals surface area contributed by atoms with Crippen molar-refractivity contribution < 1.29 is 23.1 Å². The highest BCUT2D eigenvalue weighted by atomic mass is 32.2. The second-order valence-electron chi connectivity index (χ2n) is 9.95. The van der Waals surface area contributed by atoms with Crippen molar-refractivity contribution in [1.29, 1.82) is 0 Å². The van der Waals surface area contributed by atoms with E-state index in [-0.39, 0.29) is 46.6 Å². The minimum absolute atomic E-state index is 0.0526. The summed E-state index contributed by atoms with van der Waals surface area (Å²) in [4.78, 5) is 21.4. The molecule has 0 unspecified atom stereocenters. The lowest BCUT2D eigenvalue weighted by atomic mass is 9.99. The molecule has 1 aliphatic heterocycles. The second kappa shape index (κ2) is 10.2. The SMILES string of the molecule is C[C@H]1CN([C@@H](C)CO)C(=O)c2cccc(NS(=O)(=O)c3cn(C)cn3)c2O[C@@H]1CN(C)CC1CC1. The number of hydrogen-bond donors (Lipinski definition) is 2. The number of amides is 1. The molecule has 2 aliphatic rings. The summed E-state index contributed by atoms with van der Waals surface area (Å²) in [5.74, 6) is 0.549. The number of para-hydroxylation sites is 1.